The van der Waals surface area contributed by atoms with Crippen LogP contribution in [0.1, 0.15) is 54.6 Å². The standard InChI is InChI=1S/C28H31ClO10/c1-15(30)35-14-24-26(36-16(2)31)28(38-18(4)33)27(37-17(3)32)25(39-24)20-8-11-23(29)21(13-20)12-19-6-9-22(34-5)10-7-19/h6-11,13,24-28H,12,14H2,1-5H3/t24-,25+,26-,27+,28+/m1/s1/i5D3. The summed E-state index contributed by atoms with van der Waals surface area (Å²) in [6, 6.07) is 11.4. The molecule has 0 amide bonds. The zero-order valence-electron chi connectivity index (χ0n) is 24.8. The van der Waals surface area contributed by atoms with Crippen LogP contribution in [-0.4, -0.2) is 61.9 Å². The van der Waals surface area contributed by atoms with Crippen molar-refractivity contribution in [2.75, 3.05) is 13.6 Å². The van der Waals surface area contributed by atoms with Gasteiger partial charge in [-0.1, -0.05) is 35.9 Å². The van der Waals surface area contributed by atoms with Gasteiger partial charge in [0.1, 0.15) is 24.6 Å². The van der Waals surface area contributed by atoms with Crippen LogP contribution < -0.4 is 4.74 Å². The minimum absolute atomic E-state index is 0.177. The minimum Gasteiger partial charge on any atom is -0.497 e. The molecule has 0 bridgehead atoms. The summed E-state index contributed by atoms with van der Waals surface area (Å²) in [5.41, 5.74) is 1.91. The van der Waals surface area contributed by atoms with Crippen molar-refractivity contribution < 1.29 is 51.7 Å². The molecular weight excluding hydrogens is 532 g/mol. The molecule has 1 fully saturated rings. The molecule has 1 aliphatic heterocycles. The number of halogens is 1. The molecule has 2 aromatic carbocycles. The highest BCUT2D eigenvalue weighted by Crippen LogP contribution is 2.39. The van der Waals surface area contributed by atoms with Crippen LogP contribution in [0, 0.1) is 0 Å². The zero-order valence-corrected chi connectivity index (χ0v) is 22.6. The molecule has 210 valence electrons. The predicted octanol–water partition coefficient (Wildman–Crippen LogP) is 3.74. The van der Waals surface area contributed by atoms with E-state index in [1.54, 1.807) is 30.3 Å². The first-order valence-corrected chi connectivity index (χ1v) is 12.4. The number of rotatable bonds is 9. The second-order valence-electron chi connectivity index (χ2n) is 8.89. The van der Waals surface area contributed by atoms with E-state index in [4.69, 9.17) is 44.1 Å². The van der Waals surface area contributed by atoms with Crippen molar-refractivity contribution in [3.05, 3.63) is 64.2 Å². The summed E-state index contributed by atoms with van der Waals surface area (Å²) in [5, 5.41) is 0.409. The van der Waals surface area contributed by atoms with Crippen LogP contribution in [0.25, 0.3) is 0 Å². The smallest absolute Gasteiger partial charge is 0.303 e. The molecule has 0 aromatic heterocycles. The van der Waals surface area contributed by atoms with Crippen LogP contribution in [-0.2, 0) is 49.3 Å². The molecule has 1 saturated heterocycles. The van der Waals surface area contributed by atoms with Gasteiger partial charge in [0, 0.05) is 32.7 Å². The van der Waals surface area contributed by atoms with E-state index in [-0.39, 0.29) is 12.4 Å². The number of carbonyl (C=O) groups is 4. The van der Waals surface area contributed by atoms with Crippen molar-refractivity contribution in [2.45, 2.75) is 64.6 Å². The molecule has 1 heterocycles. The number of hydrogen-bond acceptors (Lipinski definition) is 10. The van der Waals surface area contributed by atoms with Crippen LogP contribution in [0.3, 0.4) is 0 Å². The first-order chi connectivity index (χ1) is 19.6. The van der Waals surface area contributed by atoms with Crippen molar-refractivity contribution in [2.24, 2.45) is 0 Å². The molecule has 10 nitrogen and oxygen atoms in total. The van der Waals surface area contributed by atoms with Gasteiger partial charge in [0.15, 0.2) is 18.3 Å². The lowest BCUT2D eigenvalue weighted by Crippen LogP contribution is -2.59. The number of benzene rings is 2. The average Bonchev–Trinajstić information content (AvgIpc) is 2.86. The topological polar surface area (TPSA) is 124 Å². The Morgan fingerprint density at radius 3 is 2.05 bits per heavy atom. The predicted molar refractivity (Wildman–Crippen MR) is 138 cm³/mol. The third-order valence-electron chi connectivity index (χ3n) is 5.82. The molecule has 11 heteroatoms. The molecule has 1 aliphatic rings. The zero-order chi connectivity index (χ0) is 31.2. The molecule has 5 atom stereocenters. The summed E-state index contributed by atoms with van der Waals surface area (Å²) < 4.78 is 54.5. The summed E-state index contributed by atoms with van der Waals surface area (Å²) >= 11 is 6.51. The van der Waals surface area contributed by atoms with E-state index < -0.39 is 61.4 Å². The molecule has 0 unspecified atom stereocenters. The Kier molecular flexibility index (Phi) is 8.83. The maximum absolute atomic E-state index is 12.2. The first kappa shape index (κ1) is 25.6. The van der Waals surface area contributed by atoms with E-state index in [0.717, 1.165) is 19.4 Å². The number of hydrogen-bond donors (Lipinski definition) is 0. The van der Waals surface area contributed by atoms with Gasteiger partial charge in [-0.25, -0.2) is 0 Å². The van der Waals surface area contributed by atoms with Gasteiger partial charge in [-0.3, -0.25) is 19.2 Å². The Labute approximate surface area is 235 Å². The van der Waals surface area contributed by atoms with Gasteiger partial charge in [-0.15, -0.1) is 0 Å². The van der Waals surface area contributed by atoms with Crippen molar-refractivity contribution in [3.63, 3.8) is 0 Å². The maximum atomic E-state index is 12.2. The largest absolute Gasteiger partial charge is 0.497 e. The fourth-order valence-corrected chi connectivity index (χ4v) is 4.48. The lowest BCUT2D eigenvalue weighted by Gasteiger charge is -2.44. The van der Waals surface area contributed by atoms with E-state index in [1.807, 2.05) is 0 Å². The Morgan fingerprint density at radius 2 is 1.46 bits per heavy atom. The third-order valence-corrected chi connectivity index (χ3v) is 6.19. The van der Waals surface area contributed by atoms with Crippen LogP contribution in [0.15, 0.2) is 42.5 Å². The molecule has 0 radical (unpaired) electrons. The van der Waals surface area contributed by atoms with Crippen LogP contribution in [0.2, 0.25) is 5.02 Å². The Hall–Kier alpha value is -3.63. The second kappa shape index (κ2) is 13.4. The highest BCUT2D eigenvalue weighted by atomic mass is 35.5. The highest BCUT2D eigenvalue weighted by Gasteiger charge is 2.52. The Balaban J connectivity index is 2.01. The van der Waals surface area contributed by atoms with E-state index in [9.17, 15) is 19.2 Å². The molecule has 2 aromatic rings. The molecule has 0 saturated carbocycles. The monoisotopic (exact) mass is 565 g/mol. The van der Waals surface area contributed by atoms with E-state index in [0.29, 0.717) is 22.6 Å². The van der Waals surface area contributed by atoms with Gasteiger partial charge >= 0.3 is 23.9 Å². The fourth-order valence-electron chi connectivity index (χ4n) is 4.30. The molecule has 0 N–H and O–H groups in total. The fraction of sp³-hybridized carbons (Fsp3) is 0.429. The van der Waals surface area contributed by atoms with Gasteiger partial charge in [0.2, 0.25) is 0 Å². The van der Waals surface area contributed by atoms with Crippen LogP contribution in [0.5, 0.6) is 5.75 Å². The van der Waals surface area contributed by atoms with Crippen molar-refractivity contribution in [1.82, 2.24) is 0 Å². The van der Waals surface area contributed by atoms with Crippen molar-refractivity contribution >= 4 is 35.5 Å². The summed E-state index contributed by atoms with van der Waals surface area (Å²) in [6.07, 6.45) is -5.66. The summed E-state index contributed by atoms with van der Waals surface area (Å²) in [4.78, 5) is 47.8. The number of carbonyl (C=O) groups excluding carboxylic acids is 4. The lowest BCUT2D eigenvalue weighted by molar-refractivity contribution is -0.254. The van der Waals surface area contributed by atoms with Gasteiger partial charge < -0.3 is 28.4 Å². The number of esters is 4. The van der Waals surface area contributed by atoms with Gasteiger partial charge in [-0.2, -0.15) is 0 Å². The lowest BCUT2D eigenvalue weighted by atomic mass is 9.89. The highest BCUT2D eigenvalue weighted by molar-refractivity contribution is 6.31. The average molecular weight is 566 g/mol. The van der Waals surface area contributed by atoms with Crippen molar-refractivity contribution in [1.29, 1.82) is 0 Å². The molecular formula is C28H31ClO10. The number of methoxy groups -OCH3 is 1. The van der Waals surface area contributed by atoms with Gasteiger partial charge in [-0.05, 0) is 41.3 Å². The Morgan fingerprint density at radius 1 is 0.846 bits per heavy atom. The van der Waals surface area contributed by atoms with E-state index in [1.165, 1.54) is 26.0 Å². The van der Waals surface area contributed by atoms with Gasteiger partial charge in [0.05, 0.1) is 11.2 Å². The van der Waals surface area contributed by atoms with Crippen LogP contribution >= 0.6 is 11.6 Å². The quantitative estimate of drug-likeness (QED) is 0.328. The van der Waals surface area contributed by atoms with Gasteiger partial charge in [0.25, 0.3) is 0 Å². The molecule has 0 aliphatic carbocycles. The molecule has 0 spiro atoms. The molecule has 39 heavy (non-hydrogen) atoms. The third kappa shape index (κ3) is 8.18. The SMILES string of the molecule is [2H]C([2H])([2H])Oc1ccc(Cc2cc([C@@H]3O[C@H](COC(C)=O)[C@@H](OC(C)=O)[C@H](OC(C)=O)[C@H]3OC(C)=O)ccc2Cl)cc1. The van der Waals surface area contributed by atoms with Crippen LogP contribution in [0.4, 0.5) is 0 Å². The first-order valence-electron chi connectivity index (χ1n) is 13.5. The second-order valence-corrected chi connectivity index (χ2v) is 9.30. The van der Waals surface area contributed by atoms with E-state index in [2.05, 4.69) is 0 Å². The number of ether oxygens (including phenoxy) is 6. The van der Waals surface area contributed by atoms with E-state index >= 15 is 0 Å². The van der Waals surface area contributed by atoms with Crippen molar-refractivity contribution in [3.8, 4) is 5.75 Å². The summed E-state index contributed by atoms with van der Waals surface area (Å²) in [5.74, 6) is -2.61. The minimum atomic E-state index is -2.58. The summed E-state index contributed by atoms with van der Waals surface area (Å²) in [6.45, 7) is 4.31. The Bertz CT molecular complexity index is 1300. The maximum Gasteiger partial charge on any atom is 0.303 e. The normalized spacial score (nSPS) is 23.8. The summed E-state index contributed by atoms with van der Waals surface area (Å²) in [7, 11) is -2.58. The molecule has 3 rings (SSSR count).